The lowest BCUT2D eigenvalue weighted by Gasteiger charge is -2.45. The maximum absolute atomic E-state index is 2.73. The Bertz CT molecular complexity index is 6210. The Morgan fingerprint density at radius 3 is 1.09 bits per heavy atom. The first kappa shape index (κ1) is 54.5. The highest BCUT2D eigenvalue weighted by molar-refractivity contribution is 7.03. The molecule has 0 amide bonds. The van der Waals surface area contributed by atoms with Crippen molar-refractivity contribution in [2.75, 3.05) is 29.4 Å². The number of benzene rings is 14. The SMILES string of the molecule is C1=CCC2=C(C1)B1c3cc4c5c6c(cc7c8c9c(ccc8n(c4cc3N(c3ccccc3)c3cccc(c31)N2c1ccccc1)c75)N(c1ccccc1)c1cccc2c1B9c1ccccc1N2c1ccccc1)N(c1ccccc1)c1cccc2c1B6c1ccccc1N2c1ccccc1. The highest BCUT2D eigenvalue weighted by atomic mass is 15.2. The molecule has 0 N–H and O–H groups in total. The molecule has 100 heavy (non-hydrogen) atoms. The molecule has 7 nitrogen and oxygen atoms in total. The van der Waals surface area contributed by atoms with Gasteiger partial charge >= 0.3 is 0 Å². The van der Waals surface area contributed by atoms with E-state index in [-0.39, 0.29) is 20.1 Å². The van der Waals surface area contributed by atoms with Gasteiger partial charge in [-0.05, 0) is 196 Å². The smallest absolute Gasteiger partial charge is 0.253 e. The molecule has 0 radical (unpaired) electrons. The monoisotopic (exact) mass is 1270 g/mol. The van der Waals surface area contributed by atoms with Crippen molar-refractivity contribution in [1.29, 1.82) is 0 Å². The van der Waals surface area contributed by atoms with Crippen LogP contribution in [0, 0.1) is 0 Å². The Balaban J connectivity index is 0.907. The molecule has 0 unspecified atom stereocenters. The zero-order valence-corrected chi connectivity index (χ0v) is 54.5. The van der Waals surface area contributed by atoms with Crippen LogP contribution in [0.3, 0.4) is 0 Å². The molecule has 16 aromatic rings. The molecule has 23 rings (SSSR count). The molecule has 0 bridgehead atoms. The summed E-state index contributed by atoms with van der Waals surface area (Å²) in [4.78, 5) is 15.4. The number of rotatable bonds is 6. The predicted octanol–water partition coefficient (Wildman–Crippen LogP) is 17.7. The number of allylic oxidation sites excluding steroid dienone is 3. The van der Waals surface area contributed by atoms with Crippen molar-refractivity contribution >= 4 is 199 Å². The lowest BCUT2D eigenvalue weighted by atomic mass is 9.32. The van der Waals surface area contributed by atoms with Crippen molar-refractivity contribution in [3.8, 4) is 0 Å². The van der Waals surface area contributed by atoms with Gasteiger partial charge in [0.2, 0.25) is 6.71 Å². The highest BCUT2D eigenvalue weighted by Gasteiger charge is 2.50. The van der Waals surface area contributed by atoms with Crippen LogP contribution in [0.25, 0.3) is 38.1 Å². The van der Waals surface area contributed by atoms with E-state index in [4.69, 9.17) is 0 Å². The van der Waals surface area contributed by atoms with Crippen LogP contribution in [0.5, 0.6) is 0 Å². The minimum absolute atomic E-state index is 0.0202. The maximum Gasteiger partial charge on any atom is 0.253 e. The van der Waals surface area contributed by atoms with Crippen molar-refractivity contribution in [2.24, 2.45) is 0 Å². The number of fused-ring (bicyclic) bond motifs is 19. The van der Waals surface area contributed by atoms with Gasteiger partial charge in [0.1, 0.15) is 0 Å². The highest BCUT2D eigenvalue weighted by Crippen LogP contribution is 2.54. The average Bonchev–Trinajstić information content (AvgIpc) is 1.44. The average molecular weight is 1270 g/mol. The Hall–Kier alpha value is -12.6. The Labute approximate surface area is 580 Å². The molecule has 6 aliphatic heterocycles. The third-order valence-corrected chi connectivity index (χ3v) is 22.9. The second kappa shape index (κ2) is 20.5. The summed E-state index contributed by atoms with van der Waals surface area (Å²) in [5, 5.41) is 5.07. The fourth-order valence-corrected chi connectivity index (χ4v) is 19.3. The first-order valence-electron chi connectivity index (χ1n) is 35.1. The van der Waals surface area contributed by atoms with Gasteiger partial charge in [-0.25, -0.2) is 0 Å². The van der Waals surface area contributed by atoms with Gasteiger partial charge < -0.3 is 33.8 Å². The molecule has 0 saturated heterocycles. The van der Waals surface area contributed by atoms with Crippen LogP contribution >= 0.6 is 0 Å². The van der Waals surface area contributed by atoms with Crippen LogP contribution < -0.4 is 73.1 Å². The molecule has 1 aliphatic carbocycles. The zero-order chi connectivity index (χ0) is 65.0. The number of hydrogen-bond acceptors (Lipinski definition) is 6. The quantitative estimate of drug-likeness (QED) is 0.121. The number of hydrogen-bond donors (Lipinski definition) is 0. The van der Waals surface area contributed by atoms with E-state index in [1.54, 1.807) is 0 Å². The van der Waals surface area contributed by atoms with Gasteiger partial charge in [0, 0.05) is 130 Å². The van der Waals surface area contributed by atoms with Gasteiger partial charge in [-0.1, -0.05) is 187 Å². The van der Waals surface area contributed by atoms with E-state index < -0.39 is 0 Å². The van der Waals surface area contributed by atoms with Crippen molar-refractivity contribution in [1.82, 2.24) is 4.40 Å². The summed E-state index contributed by atoms with van der Waals surface area (Å²) in [6.07, 6.45) is 6.54. The van der Waals surface area contributed by atoms with Crippen LogP contribution in [0.1, 0.15) is 12.8 Å². The molecular formula is C90H58B3N7. The van der Waals surface area contributed by atoms with Crippen LogP contribution in [0.2, 0.25) is 0 Å². The van der Waals surface area contributed by atoms with E-state index in [1.807, 2.05) is 0 Å². The van der Waals surface area contributed by atoms with Gasteiger partial charge in [0.25, 0.3) is 13.4 Å². The Morgan fingerprint density at radius 1 is 0.230 bits per heavy atom. The van der Waals surface area contributed by atoms with Crippen LogP contribution in [0.4, 0.5) is 96.7 Å². The van der Waals surface area contributed by atoms with E-state index in [0.29, 0.717) is 0 Å². The summed E-state index contributed by atoms with van der Waals surface area (Å²) < 4.78 is 2.73. The summed E-state index contributed by atoms with van der Waals surface area (Å²) in [7, 11) is 0. The second-order valence-electron chi connectivity index (χ2n) is 27.7. The zero-order valence-electron chi connectivity index (χ0n) is 54.5. The second-order valence-corrected chi connectivity index (χ2v) is 27.7. The molecule has 10 heteroatoms. The molecular weight excluding hydrogens is 1210 g/mol. The Kier molecular flexibility index (Phi) is 11.1. The fourth-order valence-electron chi connectivity index (χ4n) is 19.3. The standard InChI is InChI=1S/C90H58B3N7/c1-7-28-57(29-8-1)94-69-43-22-19-40-65(69)91-68-54-63-80(56-81(68)98(61-36-15-5-16-37-61)74-47-25-46-73(94)85(74)91)100-72-52-53-79-88(92-66-41-20-23-44-70(66)95(58-30-9-2-10-31-58)75-48-26-50-77(86(75)92)97(79)60-34-13-4-14-35-60)83(72)64-55-82-89(84(63)90(64)100)93-67-42-21-24-45-71(67)96(59-32-11-3-12-33-59)76-49-27-51-78(87(76)93)99(82)62-38-17-6-18-39-62/h1-39,41-42,44-56H,40,43H2. The third-order valence-electron chi connectivity index (χ3n) is 22.9. The van der Waals surface area contributed by atoms with Crippen LogP contribution in [0.15, 0.2) is 339 Å². The van der Waals surface area contributed by atoms with Crippen molar-refractivity contribution in [2.45, 2.75) is 12.8 Å². The van der Waals surface area contributed by atoms with Gasteiger partial charge in [-0.3, -0.25) is 0 Å². The number of anilines is 17. The Morgan fingerprint density at radius 2 is 0.600 bits per heavy atom. The maximum atomic E-state index is 2.73. The molecule has 8 heterocycles. The predicted molar refractivity (Wildman–Crippen MR) is 423 cm³/mol. The molecule has 462 valence electrons. The van der Waals surface area contributed by atoms with Gasteiger partial charge in [-0.15, -0.1) is 0 Å². The third kappa shape index (κ3) is 7.15. The van der Waals surface area contributed by atoms with E-state index in [2.05, 4.69) is 361 Å². The minimum Gasteiger partial charge on any atom is -0.315 e. The first-order chi connectivity index (χ1) is 49.7. The lowest BCUT2D eigenvalue weighted by molar-refractivity contribution is 1.00. The molecule has 14 aromatic carbocycles. The summed E-state index contributed by atoms with van der Waals surface area (Å²) >= 11 is 0. The molecule has 7 aliphatic rings. The fraction of sp³-hybridized carbons (Fsp3) is 0.0222. The minimum atomic E-state index is -0.156. The number of para-hydroxylation sites is 8. The first-order valence-corrected chi connectivity index (χ1v) is 35.1. The van der Waals surface area contributed by atoms with Crippen molar-refractivity contribution < 1.29 is 0 Å². The van der Waals surface area contributed by atoms with E-state index in [0.717, 1.165) is 41.3 Å². The number of nitrogens with zero attached hydrogens (tertiary/aromatic N) is 7. The lowest BCUT2D eigenvalue weighted by Crippen LogP contribution is -2.61. The van der Waals surface area contributed by atoms with Gasteiger partial charge in [-0.2, -0.15) is 0 Å². The van der Waals surface area contributed by atoms with Crippen LogP contribution in [-0.2, 0) is 0 Å². The van der Waals surface area contributed by atoms with Gasteiger partial charge in [0.15, 0.2) is 0 Å². The van der Waals surface area contributed by atoms with Gasteiger partial charge in [0.05, 0.1) is 16.6 Å². The van der Waals surface area contributed by atoms with Crippen LogP contribution in [-0.4, -0.2) is 24.5 Å². The summed E-state index contributed by atoms with van der Waals surface area (Å²) in [6.45, 7) is -0.317. The molecule has 2 aromatic heterocycles. The molecule has 0 saturated carbocycles. The molecule has 0 fully saturated rings. The van der Waals surface area contributed by atoms with E-state index in [9.17, 15) is 0 Å². The van der Waals surface area contributed by atoms with E-state index in [1.165, 1.54) is 161 Å². The molecule has 0 spiro atoms. The normalized spacial score (nSPS) is 14.9. The topological polar surface area (TPSA) is 23.9 Å². The summed E-state index contributed by atoms with van der Waals surface area (Å²) in [6, 6.07) is 119. The largest absolute Gasteiger partial charge is 0.315 e. The van der Waals surface area contributed by atoms with E-state index >= 15 is 0 Å². The summed E-state index contributed by atoms with van der Waals surface area (Å²) in [5.41, 5.74) is 37.0. The molecule has 0 atom stereocenters. The number of aromatic nitrogens is 1. The van der Waals surface area contributed by atoms with Crippen molar-refractivity contribution in [3.63, 3.8) is 0 Å². The van der Waals surface area contributed by atoms with Crippen molar-refractivity contribution in [3.05, 3.63) is 339 Å². The summed E-state index contributed by atoms with van der Waals surface area (Å²) in [5.74, 6) is 0.